The van der Waals surface area contributed by atoms with Gasteiger partial charge in [-0.15, -0.1) is 0 Å². The predicted molar refractivity (Wildman–Crippen MR) is 90.1 cm³/mol. The van der Waals surface area contributed by atoms with Crippen LogP contribution in [0.15, 0.2) is 0 Å². The largest absolute Gasteiger partial charge is 0.378 e. The van der Waals surface area contributed by atoms with Crippen LogP contribution in [-0.4, -0.2) is 84.7 Å². The van der Waals surface area contributed by atoms with Crippen molar-refractivity contribution < 1.29 is 28.5 Å². The molecule has 0 rings (SSSR count). The second kappa shape index (κ2) is 18.3. The second-order valence-corrected chi connectivity index (χ2v) is 5.15. The molecule has 24 heavy (non-hydrogen) atoms. The van der Waals surface area contributed by atoms with Crippen molar-refractivity contribution in [2.75, 3.05) is 73.0 Å². The Labute approximate surface area is 144 Å². The molecule has 2 N–H and O–H groups in total. The summed E-state index contributed by atoms with van der Waals surface area (Å²) in [4.78, 5) is 22.1. The van der Waals surface area contributed by atoms with Gasteiger partial charge in [-0.2, -0.15) is 0 Å². The quantitative estimate of drug-likeness (QED) is 0.330. The summed E-state index contributed by atoms with van der Waals surface area (Å²) in [5.74, 6) is -0.0527. The minimum absolute atomic E-state index is 0.00386. The van der Waals surface area contributed by atoms with Crippen molar-refractivity contribution in [3.63, 3.8) is 0 Å². The molecule has 8 nitrogen and oxygen atoms in total. The number of amides is 1. The fraction of sp³-hybridized carbons (Fsp3) is 0.875. The summed E-state index contributed by atoms with van der Waals surface area (Å²) >= 11 is 0. The molecule has 0 atom stereocenters. The zero-order chi connectivity index (χ0) is 17.9. The average molecular weight is 348 g/mol. The highest BCUT2D eigenvalue weighted by Crippen LogP contribution is 1.88. The van der Waals surface area contributed by atoms with E-state index in [-0.39, 0.29) is 18.3 Å². The molecule has 0 aromatic heterocycles. The molecule has 0 aliphatic rings. The molecule has 0 aliphatic carbocycles. The van der Waals surface area contributed by atoms with Crippen molar-refractivity contribution in [2.45, 2.75) is 19.8 Å². The van der Waals surface area contributed by atoms with Crippen LogP contribution in [-0.2, 0) is 28.5 Å². The summed E-state index contributed by atoms with van der Waals surface area (Å²) in [6.07, 6.45) is 1.14. The van der Waals surface area contributed by atoms with Gasteiger partial charge in [0.1, 0.15) is 12.4 Å². The Balaban J connectivity index is 3.14. The van der Waals surface area contributed by atoms with Crippen LogP contribution in [0.25, 0.3) is 0 Å². The van der Waals surface area contributed by atoms with Gasteiger partial charge >= 0.3 is 0 Å². The zero-order valence-electron chi connectivity index (χ0n) is 14.9. The number of ether oxygens (including phenoxy) is 4. The molecular formula is C16H32N2O6. The van der Waals surface area contributed by atoms with Gasteiger partial charge in [-0.1, -0.05) is 0 Å². The maximum atomic E-state index is 11.4. The Morgan fingerprint density at radius 1 is 0.792 bits per heavy atom. The zero-order valence-corrected chi connectivity index (χ0v) is 14.9. The SMILES string of the molecule is CNCCOCCOCCOCCOCC(=O)NCCCC(C)=O. The molecule has 0 unspecified atom stereocenters. The van der Waals surface area contributed by atoms with Crippen molar-refractivity contribution in [2.24, 2.45) is 0 Å². The monoisotopic (exact) mass is 348 g/mol. The molecule has 1 amide bonds. The van der Waals surface area contributed by atoms with E-state index in [1.54, 1.807) is 0 Å². The highest BCUT2D eigenvalue weighted by Gasteiger charge is 2.01. The first-order valence-electron chi connectivity index (χ1n) is 8.38. The number of nitrogens with one attached hydrogen (secondary N) is 2. The summed E-state index contributed by atoms with van der Waals surface area (Å²) in [6.45, 7) is 6.43. The van der Waals surface area contributed by atoms with Gasteiger partial charge in [-0.3, -0.25) is 4.79 Å². The molecule has 0 bridgehead atoms. The first-order valence-corrected chi connectivity index (χ1v) is 8.38. The fourth-order valence-electron chi connectivity index (χ4n) is 1.62. The fourth-order valence-corrected chi connectivity index (χ4v) is 1.62. The second-order valence-electron chi connectivity index (χ2n) is 5.15. The lowest BCUT2D eigenvalue weighted by Gasteiger charge is -2.08. The van der Waals surface area contributed by atoms with Crippen LogP contribution in [0.1, 0.15) is 19.8 Å². The number of rotatable bonds is 18. The van der Waals surface area contributed by atoms with E-state index in [0.29, 0.717) is 65.6 Å². The van der Waals surface area contributed by atoms with Gasteiger partial charge in [0.25, 0.3) is 0 Å². The number of hydrogen-bond acceptors (Lipinski definition) is 7. The van der Waals surface area contributed by atoms with Crippen LogP contribution >= 0.6 is 0 Å². The minimum atomic E-state index is -0.180. The molecule has 0 aromatic rings. The normalized spacial score (nSPS) is 10.8. The van der Waals surface area contributed by atoms with Crippen molar-refractivity contribution >= 4 is 11.7 Å². The van der Waals surface area contributed by atoms with Crippen LogP contribution in [0.5, 0.6) is 0 Å². The maximum absolute atomic E-state index is 11.4. The third-order valence-electron chi connectivity index (χ3n) is 2.87. The van der Waals surface area contributed by atoms with Gasteiger partial charge in [-0.05, 0) is 20.4 Å². The first kappa shape index (κ1) is 22.9. The summed E-state index contributed by atoms with van der Waals surface area (Å²) in [7, 11) is 1.88. The molecule has 0 spiro atoms. The summed E-state index contributed by atoms with van der Waals surface area (Å²) in [6, 6.07) is 0. The highest BCUT2D eigenvalue weighted by atomic mass is 16.6. The predicted octanol–water partition coefficient (Wildman–Crippen LogP) is -0.242. The topological polar surface area (TPSA) is 95.1 Å². The van der Waals surface area contributed by atoms with E-state index in [1.807, 2.05) is 7.05 Å². The van der Waals surface area contributed by atoms with Crippen LogP contribution in [0.4, 0.5) is 0 Å². The van der Waals surface area contributed by atoms with Crippen LogP contribution in [0.2, 0.25) is 0 Å². The van der Waals surface area contributed by atoms with E-state index in [0.717, 1.165) is 6.54 Å². The Kier molecular flexibility index (Phi) is 17.5. The van der Waals surface area contributed by atoms with Crippen LogP contribution in [0, 0.1) is 0 Å². The molecule has 0 fully saturated rings. The van der Waals surface area contributed by atoms with Crippen molar-refractivity contribution in [3.05, 3.63) is 0 Å². The third-order valence-corrected chi connectivity index (χ3v) is 2.87. The van der Waals surface area contributed by atoms with Crippen molar-refractivity contribution in [3.8, 4) is 0 Å². The minimum Gasteiger partial charge on any atom is -0.378 e. The number of carbonyl (C=O) groups excluding carboxylic acids is 2. The van der Waals surface area contributed by atoms with E-state index >= 15 is 0 Å². The Hall–Kier alpha value is -1.06. The molecule has 0 saturated heterocycles. The number of hydrogen-bond donors (Lipinski definition) is 2. The van der Waals surface area contributed by atoms with Crippen LogP contribution < -0.4 is 10.6 Å². The van der Waals surface area contributed by atoms with Crippen LogP contribution in [0.3, 0.4) is 0 Å². The van der Waals surface area contributed by atoms with Gasteiger partial charge in [0.05, 0.1) is 46.2 Å². The molecule has 0 radical (unpaired) electrons. The Bertz CT molecular complexity index is 315. The standard InChI is InChI=1S/C16H32N2O6/c1-15(19)4-3-5-18-16(20)14-24-13-12-23-11-10-22-9-8-21-7-6-17-2/h17H,3-14H2,1-2H3,(H,18,20). The molecule has 0 heterocycles. The lowest BCUT2D eigenvalue weighted by molar-refractivity contribution is -0.126. The number of likely N-dealkylation sites (N-methyl/N-ethyl adjacent to an activating group) is 1. The van der Waals surface area contributed by atoms with E-state index < -0.39 is 0 Å². The van der Waals surface area contributed by atoms with Crippen molar-refractivity contribution in [1.29, 1.82) is 0 Å². The van der Waals surface area contributed by atoms with Gasteiger partial charge < -0.3 is 34.4 Å². The highest BCUT2D eigenvalue weighted by molar-refractivity contribution is 5.77. The molecule has 8 heteroatoms. The lowest BCUT2D eigenvalue weighted by atomic mass is 10.2. The van der Waals surface area contributed by atoms with E-state index in [2.05, 4.69) is 10.6 Å². The number of carbonyl (C=O) groups is 2. The van der Waals surface area contributed by atoms with Crippen molar-refractivity contribution in [1.82, 2.24) is 10.6 Å². The Morgan fingerprint density at radius 3 is 1.88 bits per heavy atom. The lowest BCUT2D eigenvalue weighted by Crippen LogP contribution is -2.29. The Morgan fingerprint density at radius 2 is 1.33 bits per heavy atom. The van der Waals surface area contributed by atoms with E-state index in [4.69, 9.17) is 18.9 Å². The summed E-state index contributed by atoms with van der Waals surface area (Å²) in [5, 5.41) is 5.68. The summed E-state index contributed by atoms with van der Waals surface area (Å²) in [5.41, 5.74) is 0. The van der Waals surface area contributed by atoms with E-state index in [1.165, 1.54) is 6.92 Å². The first-order chi connectivity index (χ1) is 11.7. The summed E-state index contributed by atoms with van der Waals surface area (Å²) < 4.78 is 21.1. The van der Waals surface area contributed by atoms with Gasteiger partial charge in [0.2, 0.25) is 5.91 Å². The van der Waals surface area contributed by atoms with Gasteiger partial charge in [0.15, 0.2) is 0 Å². The van der Waals surface area contributed by atoms with Gasteiger partial charge in [-0.25, -0.2) is 0 Å². The molecule has 0 aliphatic heterocycles. The molecule has 0 saturated carbocycles. The average Bonchev–Trinajstić information content (AvgIpc) is 2.55. The number of ketones is 1. The molecular weight excluding hydrogens is 316 g/mol. The molecule has 142 valence electrons. The number of Topliss-reactive ketones (excluding diaryl/α,β-unsaturated/α-hetero) is 1. The third kappa shape index (κ3) is 19.0. The molecule has 0 aromatic carbocycles. The maximum Gasteiger partial charge on any atom is 0.245 e. The van der Waals surface area contributed by atoms with Gasteiger partial charge in [0, 0.05) is 19.5 Å². The smallest absolute Gasteiger partial charge is 0.245 e. The van der Waals surface area contributed by atoms with E-state index in [9.17, 15) is 9.59 Å².